The third kappa shape index (κ3) is 3.94. The van der Waals surface area contributed by atoms with Crippen LogP contribution in [0.25, 0.3) is 0 Å². The molecule has 1 aliphatic heterocycles. The van der Waals surface area contributed by atoms with Crippen molar-refractivity contribution in [1.29, 1.82) is 0 Å². The normalized spacial score (nSPS) is 17.5. The maximum atomic E-state index is 12.4. The van der Waals surface area contributed by atoms with Crippen LogP contribution >= 0.6 is 0 Å². The quantitative estimate of drug-likeness (QED) is 0.873. The Balaban J connectivity index is 1.65. The number of hydrogen-bond acceptors (Lipinski definition) is 4. The van der Waals surface area contributed by atoms with E-state index in [0.717, 1.165) is 23.7 Å². The molecule has 1 fully saturated rings. The number of hydrogen-bond donors (Lipinski definition) is 1. The van der Waals surface area contributed by atoms with Crippen molar-refractivity contribution in [3.05, 3.63) is 54.0 Å². The van der Waals surface area contributed by atoms with E-state index >= 15 is 0 Å². The van der Waals surface area contributed by atoms with Gasteiger partial charge < -0.3 is 9.73 Å². The van der Waals surface area contributed by atoms with Gasteiger partial charge in [0.25, 0.3) is 5.91 Å². The van der Waals surface area contributed by atoms with Crippen LogP contribution in [0.5, 0.6) is 0 Å². The number of carbonyl (C=O) groups excluding carboxylic acids is 1. The molecule has 128 valence electrons. The van der Waals surface area contributed by atoms with Crippen LogP contribution in [0, 0.1) is 0 Å². The second-order valence-corrected chi connectivity index (χ2v) is 7.34. The van der Waals surface area contributed by atoms with Gasteiger partial charge in [-0.2, -0.15) is 0 Å². The summed E-state index contributed by atoms with van der Waals surface area (Å²) in [5.41, 5.74) is 0.573. The van der Waals surface area contributed by atoms with Crippen molar-refractivity contribution in [2.45, 2.75) is 23.8 Å². The minimum Gasteiger partial charge on any atom is -0.468 e. The molecule has 0 spiro atoms. The SMILES string of the molecule is C[S@](=O)c1ccc(C(=O)NC[C@@H](c2ccco2)N2CCCC2)cc1. The molecule has 1 amide bonds. The predicted octanol–water partition coefficient (Wildman–Crippen LogP) is 2.58. The van der Waals surface area contributed by atoms with Crippen molar-refractivity contribution >= 4 is 16.7 Å². The van der Waals surface area contributed by atoms with E-state index in [4.69, 9.17) is 4.42 Å². The molecule has 1 aromatic carbocycles. The molecule has 3 rings (SSSR count). The Kier molecular flexibility index (Phi) is 5.48. The van der Waals surface area contributed by atoms with Crippen molar-refractivity contribution in [1.82, 2.24) is 10.2 Å². The zero-order valence-electron chi connectivity index (χ0n) is 13.7. The number of rotatable bonds is 6. The number of benzene rings is 1. The topological polar surface area (TPSA) is 62.6 Å². The van der Waals surface area contributed by atoms with E-state index < -0.39 is 10.8 Å². The van der Waals surface area contributed by atoms with E-state index in [9.17, 15) is 9.00 Å². The van der Waals surface area contributed by atoms with Gasteiger partial charge in [-0.25, -0.2) is 0 Å². The molecule has 2 heterocycles. The van der Waals surface area contributed by atoms with E-state index in [1.54, 1.807) is 36.8 Å². The largest absolute Gasteiger partial charge is 0.468 e. The lowest BCUT2D eigenvalue weighted by Gasteiger charge is -2.26. The molecule has 5 nitrogen and oxygen atoms in total. The minimum atomic E-state index is -1.03. The lowest BCUT2D eigenvalue weighted by atomic mass is 10.1. The van der Waals surface area contributed by atoms with Gasteiger partial charge in [0.2, 0.25) is 0 Å². The molecule has 0 saturated carbocycles. The highest BCUT2D eigenvalue weighted by Crippen LogP contribution is 2.25. The molecule has 0 bridgehead atoms. The molecular weight excluding hydrogens is 324 g/mol. The van der Waals surface area contributed by atoms with Crippen LogP contribution in [0.3, 0.4) is 0 Å². The maximum absolute atomic E-state index is 12.4. The molecule has 1 aromatic heterocycles. The van der Waals surface area contributed by atoms with E-state index in [-0.39, 0.29) is 11.9 Å². The highest BCUT2D eigenvalue weighted by molar-refractivity contribution is 7.84. The monoisotopic (exact) mass is 346 g/mol. The second kappa shape index (κ2) is 7.77. The van der Waals surface area contributed by atoms with Crippen LogP contribution in [-0.4, -0.2) is 40.9 Å². The Morgan fingerprint density at radius 1 is 1.25 bits per heavy atom. The van der Waals surface area contributed by atoms with Gasteiger partial charge in [0.05, 0.1) is 12.3 Å². The summed E-state index contributed by atoms with van der Waals surface area (Å²) in [6.45, 7) is 2.56. The van der Waals surface area contributed by atoms with E-state index in [1.807, 2.05) is 12.1 Å². The fourth-order valence-corrected chi connectivity index (χ4v) is 3.55. The van der Waals surface area contributed by atoms with Crippen LogP contribution in [0.4, 0.5) is 0 Å². The zero-order chi connectivity index (χ0) is 16.9. The summed E-state index contributed by atoms with van der Waals surface area (Å²) in [4.78, 5) is 15.4. The average Bonchev–Trinajstić information content (AvgIpc) is 3.29. The van der Waals surface area contributed by atoms with Crippen LogP contribution in [-0.2, 0) is 10.8 Å². The molecular formula is C18H22N2O3S. The third-order valence-electron chi connectivity index (χ3n) is 4.36. The van der Waals surface area contributed by atoms with Crippen molar-refractivity contribution in [2.24, 2.45) is 0 Å². The van der Waals surface area contributed by atoms with Crippen molar-refractivity contribution in [2.75, 3.05) is 25.9 Å². The van der Waals surface area contributed by atoms with Gasteiger partial charge in [0.15, 0.2) is 0 Å². The standard InChI is InChI=1S/C18H22N2O3S/c1-24(22)15-8-6-14(7-9-15)18(21)19-13-16(17-5-4-12-23-17)20-10-2-3-11-20/h4-9,12,16H,2-3,10-11,13H2,1H3,(H,19,21)/t16-,24-/m0/s1. The minimum absolute atomic E-state index is 0.0638. The van der Waals surface area contributed by atoms with Crippen LogP contribution < -0.4 is 5.32 Å². The number of furan rings is 1. The van der Waals surface area contributed by atoms with Crippen LogP contribution in [0.2, 0.25) is 0 Å². The van der Waals surface area contributed by atoms with Crippen molar-refractivity contribution < 1.29 is 13.4 Å². The number of carbonyl (C=O) groups is 1. The first-order valence-electron chi connectivity index (χ1n) is 8.14. The Labute approximate surface area is 144 Å². The molecule has 1 aliphatic rings. The van der Waals surface area contributed by atoms with Gasteiger partial charge in [0, 0.05) is 34.1 Å². The van der Waals surface area contributed by atoms with Crippen LogP contribution in [0.15, 0.2) is 52.0 Å². The lowest BCUT2D eigenvalue weighted by Crippen LogP contribution is -2.36. The number of nitrogens with one attached hydrogen (secondary N) is 1. The molecule has 0 aliphatic carbocycles. The average molecular weight is 346 g/mol. The number of likely N-dealkylation sites (tertiary alicyclic amines) is 1. The number of nitrogens with zero attached hydrogens (tertiary/aromatic N) is 1. The molecule has 0 unspecified atom stereocenters. The summed E-state index contributed by atoms with van der Waals surface area (Å²) >= 11 is 0. The first-order valence-corrected chi connectivity index (χ1v) is 9.70. The van der Waals surface area contributed by atoms with Crippen molar-refractivity contribution in [3.63, 3.8) is 0 Å². The van der Waals surface area contributed by atoms with E-state index in [0.29, 0.717) is 12.1 Å². The van der Waals surface area contributed by atoms with Gasteiger partial charge in [-0.05, 0) is 62.3 Å². The zero-order valence-corrected chi connectivity index (χ0v) is 14.6. The fourth-order valence-electron chi connectivity index (χ4n) is 3.03. The van der Waals surface area contributed by atoms with Gasteiger partial charge in [0.1, 0.15) is 5.76 Å². The summed E-state index contributed by atoms with van der Waals surface area (Å²) in [5.74, 6) is 0.758. The molecule has 24 heavy (non-hydrogen) atoms. The molecule has 2 aromatic rings. The Morgan fingerprint density at radius 3 is 2.54 bits per heavy atom. The van der Waals surface area contributed by atoms with Gasteiger partial charge in [-0.1, -0.05) is 0 Å². The second-order valence-electron chi connectivity index (χ2n) is 5.96. The molecule has 2 atom stereocenters. The van der Waals surface area contributed by atoms with Crippen molar-refractivity contribution in [3.8, 4) is 0 Å². The summed E-state index contributed by atoms with van der Waals surface area (Å²) < 4.78 is 17.0. The summed E-state index contributed by atoms with van der Waals surface area (Å²) in [6, 6.07) is 10.8. The van der Waals surface area contributed by atoms with Gasteiger partial charge in [-0.3, -0.25) is 13.9 Å². The van der Waals surface area contributed by atoms with Gasteiger partial charge in [-0.15, -0.1) is 0 Å². The summed E-state index contributed by atoms with van der Waals surface area (Å²) in [5, 5.41) is 3.00. The van der Waals surface area contributed by atoms with Gasteiger partial charge >= 0.3 is 0 Å². The first kappa shape index (κ1) is 16.9. The Morgan fingerprint density at radius 2 is 1.96 bits per heavy atom. The molecule has 1 N–H and O–H groups in total. The van der Waals surface area contributed by atoms with E-state index in [1.165, 1.54) is 12.8 Å². The third-order valence-corrected chi connectivity index (χ3v) is 5.29. The Hall–Kier alpha value is -1.92. The first-order chi connectivity index (χ1) is 11.6. The highest BCUT2D eigenvalue weighted by Gasteiger charge is 2.26. The smallest absolute Gasteiger partial charge is 0.251 e. The number of amides is 1. The van der Waals surface area contributed by atoms with E-state index in [2.05, 4.69) is 10.2 Å². The molecule has 1 saturated heterocycles. The molecule has 0 radical (unpaired) electrons. The summed E-state index contributed by atoms with van der Waals surface area (Å²) in [6.07, 6.45) is 5.66. The highest BCUT2D eigenvalue weighted by atomic mass is 32.2. The predicted molar refractivity (Wildman–Crippen MR) is 93.4 cm³/mol. The summed E-state index contributed by atoms with van der Waals surface area (Å²) in [7, 11) is -1.03. The maximum Gasteiger partial charge on any atom is 0.251 e. The lowest BCUT2D eigenvalue weighted by molar-refractivity contribution is 0.0933. The molecule has 6 heteroatoms. The van der Waals surface area contributed by atoms with Crippen LogP contribution in [0.1, 0.15) is 35.0 Å². The Bertz CT molecular complexity index is 692. The fraction of sp³-hybridized carbons (Fsp3) is 0.389.